The summed E-state index contributed by atoms with van der Waals surface area (Å²) in [6.45, 7) is 7.22. The van der Waals surface area contributed by atoms with Crippen LogP contribution in [0.3, 0.4) is 0 Å². The lowest BCUT2D eigenvalue weighted by Crippen LogP contribution is -2.31. The van der Waals surface area contributed by atoms with Crippen molar-refractivity contribution in [3.63, 3.8) is 0 Å². The van der Waals surface area contributed by atoms with E-state index in [1.165, 1.54) is 6.08 Å². The van der Waals surface area contributed by atoms with Gasteiger partial charge in [0.25, 0.3) is 0 Å². The standard InChI is InChI=1S/C11H15NO2/c1-6(2)12-9-5-10(13)7(3)8(4)11(9)14/h5-6,12H,1-4H3. The quantitative estimate of drug-likeness (QED) is 0.673. The predicted octanol–water partition coefficient (Wildman–Crippen LogP) is 1.36. The summed E-state index contributed by atoms with van der Waals surface area (Å²) < 4.78 is 0. The van der Waals surface area contributed by atoms with E-state index in [1.807, 2.05) is 13.8 Å². The van der Waals surface area contributed by atoms with Crippen molar-refractivity contribution in [2.24, 2.45) is 0 Å². The van der Waals surface area contributed by atoms with Crippen LogP contribution in [-0.4, -0.2) is 17.6 Å². The van der Waals surface area contributed by atoms with Gasteiger partial charge in [-0.25, -0.2) is 0 Å². The normalized spacial score (nSPS) is 17.6. The van der Waals surface area contributed by atoms with E-state index >= 15 is 0 Å². The minimum absolute atomic E-state index is 0.0733. The van der Waals surface area contributed by atoms with Crippen LogP contribution in [0.15, 0.2) is 22.9 Å². The van der Waals surface area contributed by atoms with E-state index in [9.17, 15) is 9.59 Å². The van der Waals surface area contributed by atoms with E-state index in [-0.39, 0.29) is 17.6 Å². The summed E-state index contributed by atoms with van der Waals surface area (Å²) in [4.78, 5) is 23.1. The molecule has 0 bridgehead atoms. The molecular formula is C11H15NO2. The molecular weight excluding hydrogens is 178 g/mol. The van der Waals surface area contributed by atoms with E-state index in [0.29, 0.717) is 16.8 Å². The number of allylic oxidation sites excluding steroid dienone is 3. The lowest BCUT2D eigenvalue weighted by molar-refractivity contribution is -0.116. The molecule has 14 heavy (non-hydrogen) atoms. The summed E-state index contributed by atoms with van der Waals surface area (Å²) in [5.41, 5.74) is 1.50. The average Bonchev–Trinajstić information content (AvgIpc) is 2.10. The van der Waals surface area contributed by atoms with E-state index in [0.717, 1.165) is 0 Å². The van der Waals surface area contributed by atoms with Crippen LogP contribution in [0.25, 0.3) is 0 Å². The number of nitrogens with one attached hydrogen (secondary N) is 1. The molecule has 0 saturated heterocycles. The van der Waals surface area contributed by atoms with Gasteiger partial charge in [-0.1, -0.05) is 0 Å². The summed E-state index contributed by atoms with van der Waals surface area (Å²) in [5, 5.41) is 2.97. The molecule has 0 radical (unpaired) electrons. The summed E-state index contributed by atoms with van der Waals surface area (Å²) in [7, 11) is 0. The Hall–Kier alpha value is -1.38. The zero-order valence-corrected chi connectivity index (χ0v) is 8.97. The van der Waals surface area contributed by atoms with Crippen molar-refractivity contribution in [3.05, 3.63) is 22.9 Å². The van der Waals surface area contributed by atoms with Gasteiger partial charge in [0.2, 0.25) is 5.78 Å². The maximum Gasteiger partial charge on any atom is 0.205 e. The van der Waals surface area contributed by atoms with Crippen molar-refractivity contribution in [3.8, 4) is 0 Å². The first-order valence-corrected chi connectivity index (χ1v) is 4.68. The molecule has 3 heteroatoms. The van der Waals surface area contributed by atoms with Gasteiger partial charge < -0.3 is 5.32 Å². The molecule has 0 atom stereocenters. The third-order valence-corrected chi connectivity index (χ3v) is 2.24. The predicted molar refractivity (Wildman–Crippen MR) is 54.7 cm³/mol. The number of Topliss-reactive ketones (excluding diaryl/α,β-unsaturated/α-hetero) is 1. The van der Waals surface area contributed by atoms with Crippen molar-refractivity contribution in [2.75, 3.05) is 0 Å². The lowest BCUT2D eigenvalue weighted by Gasteiger charge is -2.17. The fraction of sp³-hybridized carbons (Fsp3) is 0.455. The van der Waals surface area contributed by atoms with Gasteiger partial charge in [0.15, 0.2) is 5.78 Å². The molecule has 0 fully saturated rings. The maximum atomic E-state index is 11.7. The smallest absolute Gasteiger partial charge is 0.205 e. The third kappa shape index (κ3) is 1.92. The molecule has 0 saturated carbocycles. The Balaban J connectivity index is 2.98. The molecule has 0 spiro atoms. The Bertz CT molecular complexity index is 348. The second-order valence-corrected chi connectivity index (χ2v) is 3.80. The fourth-order valence-electron chi connectivity index (χ4n) is 1.28. The van der Waals surface area contributed by atoms with Crippen LogP contribution in [0.5, 0.6) is 0 Å². The van der Waals surface area contributed by atoms with E-state index in [4.69, 9.17) is 0 Å². The highest BCUT2D eigenvalue weighted by Gasteiger charge is 2.22. The first-order valence-electron chi connectivity index (χ1n) is 4.68. The fourth-order valence-corrected chi connectivity index (χ4v) is 1.28. The molecule has 0 aromatic rings. The number of ketones is 2. The van der Waals surface area contributed by atoms with Crippen LogP contribution >= 0.6 is 0 Å². The lowest BCUT2D eigenvalue weighted by atomic mass is 9.95. The van der Waals surface area contributed by atoms with Crippen LogP contribution in [-0.2, 0) is 9.59 Å². The van der Waals surface area contributed by atoms with E-state index in [1.54, 1.807) is 13.8 Å². The Labute approximate surface area is 83.9 Å². The molecule has 76 valence electrons. The van der Waals surface area contributed by atoms with Gasteiger partial charge in [0.05, 0.1) is 5.70 Å². The van der Waals surface area contributed by atoms with Crippen molar-refractivity contribution in [1.29, 1.82) is 0 Å². The summed E-state index contributed by atoms with van der Waals surface area (Å²) in [5.74, 6) is -0.152. The number of hydrogen-bond acceptors (Lipinski definition) is 3. The number of hydrogen-bond donors (Lipinski definition) is 1. The zero-order valence-electron chi connectivity index (χ0n) is 8.97. The van der Waals surface area contributed by atoms with Crippen molar-refractivity contribution in [1.82, 2.24) is 5.32 Å². The SMILES string of the molecule is CC1=C(C)C(=O)C(NC(C)C)=CC1=O. The zero-order chi connectivity index (χ0) is 10.9. The summed E-state index contributed by atoms with van der Waals surface area (Å²) in [6.07, 6.45) is 1.38. The van der Waals surface area contributed by atoms with Gasteiger partial charge in [-0.3, -0.25) is 9.59 Å². The molecule has 1 N–H and O–H groups in total. The Kier molecular flexibility index (Phi) is 2.89. The van der Waals surface area contributed by atoms with Crippen LogP contribution in [0.1, 0.15) is 27.7 Å². The topological polar surface area (TPSA) is 46.2 Å². The number of carbonyl (C=O) groups is 2. The third-order valence-electron chi connectivity index (χ3n) is 2.24. The summed E-state index contributed by atoms with van der Waals surface area (Å²) >= 11 is 0. The molecule has 0 unspecified atom stereocenters. The van der Waals surface area contributed by atoms with Gasteiger partial charge >= 0.3 is 0 Å². The minimum Gasteiger partial charge on any atom is -0.380 e. The van der Waals surface area contributed by atoms with Gasteiger partial charge in [-0.2, -0.15) is 0 Å². The highest BCUT2D eigenvalue weighted by molar-refractivity contribution is 6.21. The van der Waals surface area contributed by atoms with Crippen molar-refractivity contribution >= 4 is 11.6 Å². The van der Waals surface area contributed by atoms with Crippen molar-refractivity contribution in [2.45, 2.75) is 33.7 Å². The van der Waals surface area contributed by atoms with Gasteiger partial charge in [-0.15, -0.1) is 0 Å². The highest BCUT2D eigenvalue weighted by atomic mass is 16.1. The summed E-state index contributed by atoms with van der Waals surface area (Å²) in [6, 6.07) is 0.157. The van der Waals surface area contributed by atoms with Gasteiger partial charge in [0.1, 0.15) is 0 Å². The minimum atomic E-state index is -0.0785. The van der Waals surface area contributed by atoms with E-state index < -0.39 is 0 Å². The molecule has 0 aromatic heterocycles. The monoisotopic (exact) mass is 193 g/mol. The largest absolute Gasteiger partial charge is 0.380 e. The van der Waals surface area contributed by atoms with Crippen LogP contribution in [0, 0.1) is 0 Å². The second-order valence-electron chi connectivity index (χ2n) is 3.80. The van der Waals surface area contributed by atoms with Crippen LogP contribution in [0.2, 0.25) is 0 Å². The number of rotatable bonds is 2. The molecule has 0 amide bonds. The van der Waals surface area contributed by atoms with Gasteiger partial charge in [-0.05, 0) is 27.7 Å². The Morgan fingerprint density at radius 3 is 2.21 bits per heavy atom. The van der Waals surface area contributed by atoms with Crippen molar-refractivity contribution < 1.29 is 9.59 Å². The van der Waals surface area contributed by atoms with Gasteiger partial charge in [0, 0.05) is 23.3 Å². The Morgan fingerprint density at radius 1 is 1.14 bits per heavy atom. The molecule has 1 rings (SSSR count). The molecule has 0 aliphatic heterocycles. The van der Waals surface area contributed by atoms with E-state index in [2.05, 4.69) is 5.32 Å². The molecule has 1 aliphatic rings. The average molecular weight is 193 g/mol. The Morgan fingerprint density at radius 2 is 1.71 bits per heavy atom. The van der Waals surface area contributed by atoms with Crippen LogP contribution < -0.4 is 5.32 Å². The first-order chi connectivity index (χ1) is 6.43. The highest BCUT2D eigenvalue weighted by Crippen LogP contribution is 2.17. The van der Waals surface area contributed by atoms with Crippen LogP contribution in [0.4, 0.5) is 0 Å². The first kappa shape index (κ1) is 10.7. The molecule has 0 heterocycles. The maximum absolute atomic E-state index is 11.7. The molecule has 1 aliphatic carbocycles. The number of carbonyl (C=O) groups excluding carboxylic acids is 2. The second kappa shape index (κ2) is 3.78. The molecule has 3 nitrogen and oxygen atoms in total. The molecule has 0 aromatic carbocycles.